The molecule has 0 radical (unpaired) electrons. The Morgan fingerprint density at radius 1 is 1.05 bits per heavy atom. The van der Waals surface area contributed by atoms with E-state index in [1.807, 2.05) is 36.4 Å². The van der Waals surface area contributed by atoms with Crippen LogP contribution < -0.4 is 4.74 Å². The number of fused-ring (bicyclic) bond motifs is 1. The molecule has 98 valence electrons. The number of benzene rings is 2. The van der Waals surface area contributed by atoms with Gasteiger partial charge in [-0.2, -0.15) is 5.26 Å². The fourth-order valence-electron chi connectivity index (χ4n) is 2.28. The van der Waals surface area contributed by atoms with Crippen molar-refractivity contribution in [1.29, 1.82) is 5.26 Å². The van der Waals surface area contributed by atoms with E-state index in [-0.39, 0.29) is 0 Å². The predicted octanol–water partition coefficient (Wildman–Crippen LogP) is 3.07. The number of nitriles is 1. The maximum absolute atomic E-state index is 10.4. The summed E-state index contributed by atoms with van der Waals surface area (Å²) >= 11 is 0. The fourth-order valence-corrected chi connectivity index (χ4v) is 2.28. The lowest BCUT2D eigenvalue weighted by Crippen LogP contribution is -2.25. The molecule has 2 aromatic carbocycles. The van der Waals surface area contributed by atoms with Crippen LogP contribution in [0.15, 0.2) is 54.6 Å². The van der Waals surface area contributed by atoms with Crippen LogP contribution in [0.2, 0.25) is 0 Å². The van der Waals surface area contributed by atoms with Gasteiger partial charge in [-0.3, -0.25) is 0 Å². The maximum Gasteiger partial charge on any atom is 0.147 e. The largest absolute Gasteiger partial charge is 0.483 e. The van der Waals surface area contributed by atoms with E-state index in [1.54, 1.807) is 24.3 Å². The van der Waals surface area contributed by atoms with Crippen molar-refractivity contribution < 1.29 is 9.84 Å². The Morgan fingerprint density at radius 2 is 1.80 bits per heavy atom. The van der Waals surface area contributed by atoms with Gasteiger partial charge in [0, 0.05) is 0 Å². The highest BCUT2D eigenvalue weighted by atomic mass is 16.5. The zero-order valence-electron chi connectivity index (χ0n) is 10.7. The Kier molecular flexibility index (Phi) is 3.24. The van der Waals surface area contributed by atoms with Gasteiger partial charge in [0.2, 0.25) is 0 Å². The topological polar surface area (TPSA) is 53.2 Å². The van der Waals surface area contributed by atoms with Crippen LogP contribution in [-0.4, -0.2) is 11.2 Å². The summed E-state index contributed by atoms with van der Waals surface area (Å²) in [5.74, 6) is 0.636. The second-order valence-corrected chi connectivity index (χ2v) is 4.65. The first kappa shape index (κ1) is 12.5. The number of nitrogens with zero attached hydrogens (tertiary/aromatic N) is 1. The van der Waals surface area contributed by atoms with Gasteiger partial charge in [0.1, 0.15) is 18.0 Å². The predicted molar refractivity (Wildman–Crippen MR) is 76.0 cm³/mol. The molecule has 0 fully saturated rings. The number of hydrogen-bond acceptors (Lipinski definition) is 3. The number of rotatable bonds is 2. The van der Waals surface area contributed by atoms with Gasteiger partial charge < -0.3 is 9.84 Å². The third kappa shape index (κ3) is 2.29. The first-order chi connectivity index (χ1) is 9.78. The van der Waals surface area contributed by atoms with Crippen molar-refractivity contribution in [2.24, 2.45) is 0 Å². The summed E-state index contributed by atoms with van der Waals surface area (Å²) < 4.78 is 5.78. The van der Waals surface area contributed by atoms with Crippen LogP contribution in [0.25, 0.3) is 6.08 Å². The van der Waals surface area contributed by atoms with Crippen molar-refractivity contribution in [3.8, 4) is 11.8 Å². The molecular formula is C17H13NO2. The van der Waals surface area contributed by atoms with E-state index in [2.05, 4.69) is 6.07 Å². The van der Waals surface area contributed by atoms with Gasteiger partial charge >= 0.3 is 0 Å². The van der Waals surface area contributed by atoms with Crippen molar-refractivity contribution in [2.45, 2.75) is 12.2 Å². The first-order valence-corrected chi connectivity index (χ1v) is 6.40. The van der Waals surface area contributed by atoms with Gasteiger partial charge in [0.15, 0.2) is 0 Å². The summed E-state index contributed by atoms with van der Waals surface area (Å²) in [6.45, 7) is 0. The zero-order chi connectivity index (χ0) is 13.9. The Labute approximate surface area is 117 Å². The third-order valence-electron chi connectivity index (χ3n) is 3.35. The highest BCUT2D eigenvalue weighted by Crippen LogP contribution is 2.30. The average molecular weight is 263 g/mol. The van der Waals surface area contributed by atoms with Gasteiger partial charge in [-0.15, -0.1) is 0 Å². The Hall–Kier alpha value is -2.57. The van der Waals surface area contributed by atoms with Gasteiger partial charge in [0.25, 0.3) is 0 Å². The second kappa shape index (κ2) is 5.20. The molecular weight excluding hydrogens is 250 g/mol. The van der Waals surface area contributed by atoms with Crippen molar-refractivity contribution in [3.63, 3.8) is 0 Å². The zero-order valence-corrected chi connectivity index (χ0v) is 10.7. The summed E-state index contributed by atoms with van der Waals surface area (Å²) in [5, 5.41) is 19.1. The van der Waals surface area contributed by atoms with Gasteiger partial charge in [-0.05, 0) is 41.5 Å². The van der Waals surface area contributed by atoms with E-state index in [0.29, 0.717) is 11.3 Å². The Balaban J connectivity index is 1.81. The van der Waals surface area contributed by atoms with E-state index in [0.717, 1.165) is 11.1 Å². The molecule has 0 aromatic heterocycles. The molecule has 3 rings (SSSR count). The van der Waals surface area contributed by atoms with Gasteiger partial charge in [-0.1, -0.05) is 30.3 Å². The van der Waals surface area contributed by atoms with E-state index in [1.165, 1.54) is 0 Å². The molecule has 3 nitrogen and oxygen atoms in total. The quantitative estimate of drug-likeness (QED) is 0.906. The minimum absolute atomic E-state index is 0.419. The lowest BCUT2D eigenvalue weighted by molar-refractivity contribution is 0.0623. The molecule has 20 heavy (non-hydrogen) atoms. The first-order valence-electron chi connectivity index (χ1n) is 6.40. The summed E-state index contributed by atoms with van der Waals surface area (Å²) in [6.07, 6.45) is 2.70. The second-order valence-electron chi connectivity index (χ2n) is 4.65. The molecule has 0 aliphatic heterocycles. The molecule has 0 bridgehead atoms. The highest BCUT2D eigenvalue weighted by Gasteiger charge is 2.25. The summed E-state index contributed by atoms with van der Waals surface area (Å²) in [5.41, 5.74) is 2.47. The average Bonchev–Trinajstić information content (AvgIpc) is 2.51. The van der Waals surface area contributed by atoms with Crippen molar-refractivity contribution in [1.82, 2.24) is 0 Å². The normalized spacial score (nSPS) is 20.0. The number of hydrogen-bond donors (Lipinski definition) is 1. The smallest absolute Gasteiger partial charge is 0.147 e. The molecule has 1 N–H and O–H groups in total. The van der Waals surface area contributed by atoms with Gasteiger partial charge in [0.05, 0.1) is 11.6 Å². The minimum atomic E-state index is -0.688. The monoisotopic (exact) mass is 263 g/mol. The number of aliphatic hydroxyl groups is 1. The van der Waals surface area contributed by atoms with Crippen LogP contribution in [0.5, 0.6) is 5.75 Å². The molecule has 1 unspecified atom stereocenters. The van der Waals surface area contributed by atoms with Crippen molar-refractivity contribution >= 4 is 6.08 Å². The lowest BCUT2D eigenvalue weighted by atomic mass is 9.93. The van der Waals surface area contributed by atoms with E-state index in [9.17, 15) is 5.11 Å². The SMILES string of the molecule is N#Cc1ccc(O[C@H]2C=Cc3ccccc3C2O)cc1. The molecule has 0 spiro atoms. The summed E-state index contributed by atoms with van der Waals surface area (Å²) in [6, 6.07) is 16.6. The molecule has 0 saturated carbocycles. The Bertz CT molecular complexity index is 683. The molecule has 2 atom stereocenters. The van der Waals surface area contributed by atoms with E-state index in [4.69, 9.17) is 10.00 Å². The molecule has 3 heteroatoms. The van der Waals surface area contributed by atoms with Crippen LogP contribution in [0, 0.1) is 11.3 Å². The molecule has 0 saturated heterocycles. The van der Waals surface area contributed by atoms with Crippen LogP contribution in [0.4, 0.5) is 0 Å². The molecule has 1 aliphatic rings. The van der Waals surface area contributed by atoms with Gasteiger partial charge in [-0.25, -0.2) is 0 Å². The van der Waals surface area contributed by atoms with Crippen LogP contribution in [0.3, 0.4) is 0 Å². The Morgan fingerprint density at radius 3 is 2.55 bits per heavy atom. The van der Waals surface area contributed by atoms with Crippen molar-refractivity contribution in [2.75, 3.05) is 0 Å². The molecule has 2 aromatic rings. The molecule has 0 amide bonds. The minimum Gasteiger partial charge on any atom is -0.483 e. The fraction of sp³-hybridized carbons (Fsp3) is 0.118. The van der Waals surface area contributed by atoms with Crippen molar-refractivity contribution in [3.05, 3.63) is 71.3 Å². The van der Waals surface area contributed by atoms with Crippen LogP contribution in [-0.2, 0) is 0 Å². The number of ether oxygens (including phenoxy) is 1. The van der Waals surface area contributed by atoms with Crippen LogP contribution >= 0.6 is 0 Å². The number of aliphatic hydroxyl groups excluding tert-OH is 1. The standard InChI is InChI=1S/C17H13NO2/c18-11-12-5-8-14(9-6-12)20-16-10-7-13-3-1-2-4-15(13)17(16)19/h1-10,16-17,19H/t16-,17?/m0/s1. The summed E-state index contributed by atoms with van der Waals surface area (Å²) in [4.78, 5) is 0. The van der Waals surface area contributed by atoms with E-state index < -0.39 is 12.2 Å². The molecule has 0 heterocycles. The van der Waals surface area contributed by atoms with E-state index >= 15 is 0 Å². The molecule has 1 aliphatic carbocycles. The maximum atomic E-state index is 10.4. The summed E-state index contributed by atoms with van der Waals surface area (Å²) in [7, 11) is 0. The highest BCUT2D eigenvalue weighted by molar-refractivity contribution is 5.58. The van der Waals surface area contributed by atoms with Crippen LogP contribution in [0.1, 0.15) is 22.8 Å². The third-order valence-corrected chi connectivity index (χ3v) is 3.35. The lowest BCUT2D eigenvalue weighted by Gasteiger charge is -2.26.